The van der Waals surface area contributed by atoms with E-state index in [2.05, 4.69) is 0 Å². The largest absolute Gasteiger partial charge is 0.391 e. The highest BCUT2D eigenvalue weighted by Crippen LogP contribution is 2.23. The summed E-state index contributed by atoms with van der Waals surface area (Å²) in [6.07, 6.45) is 4.79. The maximum Gasteiger partial charge on any atom is 0.239 e. The molecule has 1 aromatic rings. The number of nitrogens with two attached hydrogens (primary N) is 1. The summed E-state index contributed by atoms with van der Waals surface area (Å²) >= 11 is 0. The zero-order chi connectivity index (χ0) is 15.2. The molecule has 1 fully saturated rings. The number of nitrogens with zero attached hydrogens (tertiary/aromatic N) is 1. The van der Waals surface area contributed by atoms with Gasteiger partial charge in [0.2, 0.25) is 5.91 Å². The molecule has 1 saturated carbocycles. The molecule has 2 unspecified atom stereocenters. The number of aliphatic hydroxyl groups is 1. The van der Waals surface area contributed by atoms with Crippen molar-refractivity contribution in [2.75, 3.05) is 7.05 Å². The summed E-state index contributed by atoms with van der Waals surface area (Å²) in [6, 6.07) is 9.49. The lowest BCUT2D eigenvalue weighted by Crippen LogP contribution is -2.51. The number of aryl methyl sites for hydroxylation is 1. The number of hydrogen-bond acceptors (Lipinski definition) is 3. The fourth-order valence-electron chi connectivity index (χ4n) is 3.06. The fraction of sp³-hybridized carbons (Fsp3) is 0.588. The second-order valence-electron chi connectivity index (χ2n) is 6.00. The van der Waals surface area contributed by atoms with Crippen LogP contribution in [0.25, 0.3) is 0 Å². The molecule has 1 aliphatic carbocycles. The summed E-state index contributed by atoms with van der Waals surface area (Å²) in [5, 5.41) is 10.0. The first-order chi connectivity index (χ1) is 10.1. The molecule has 0 saturated heterocycles. The van der Waals surface area contributed by atoms with Crippen LogP contribution < -0.4 is 5.73 Å². The van der Waals surface area contributed by atoms with E-state index in [0.717, 1.165) is 32.1 Å². The lowest BCUT2D eigenvalue weighted by molar-refractivity contribution is -0.136. The average Bonchev–Trinajstić information content (AvgIpc) is 2.52. The van der Waals surface area contributed by atoms with Crippen molar-refractivity contribution in [1.29, 1.82) is 0 Å². The predicted molar refractivity (Wildman–Crippen MR) is 83.8 cm³/mol. The van der Waals surface area contributed by atoms with Crippen molar-refractivity contribution < 1.29 is 9.90 Å². The van der Waals surface area contributed by atoms with Gasteiger partial charge in [-0.1, -0.05) is 43.2 Å². The molecule has 0 radical (unpaired) electrons. The van der Waals surface area contributed by atoms with Gasteiger partial charge < -0.3 is 15.7 Å². The third-order valence-electron chi connectivity index (χ3n) is 4.44. The minimum absolute atomic E-state index is 0.0584. The van der Waals surface area contributed by atoms with Crippen LogP contribution in [-0.2, 0) is 11.2 Å². The Hall–Kier alpha value is -1.39. The lowest BCUT2D eigenvalue weighted by Gasteiger charge is -2.36. The van der Waals surface area contributed by atoms with Gasteiger partial charge in [0, 0.05) is 7.05 Å². The van der Waals surface area contributed by atoms with Crippen molar-refractivity contribution >= 4 is 5.91 Å². The summed E-state index contributed by atoms with van der Waals surface area (Å²) in [6.45, 7) is 0. The van der Waals surface area contributed by atoms with Crippen LogP contribution in [0, 0.1) is 0 Å². The maximum absolute atomic E-state index is 12.4. The van der Waals surface area contributed by atoms with Gasteiger partial charge in [-0.05, 0) is 31.2 Å². The Bertz CT molecular complexity index is 449. The van der Waals surface area contributed by atoms with Crippen LogP contribution in [-0.4, -0.2) is 41.1 Å². The summed E-state index contributed by atoms with van der Waals surface area (Å²) in [7, 11) is 1.77. The number of carbonyl (C=O) groups is 1. The van der Waals surface area contributed by atoms with Gasteiger partial charge in [0.05, 0.1) is 18.2 Å². The van der Waals surface area contributed by atoms with E-state index in [4.69, 9.17) is 5.73 Å². The standard InChI is InChI=1S/C17H26N2O2/c1-19(15-9-5-6-10-16(15)20)17(21)14(18)12-11-13-7-3-2-4-8-13/h2-4,7-8,14-16,20H,5-6,9-12,18H2,1H3/t14-,15?,16?/m0/s1. The molecule has 0 bridgehead atoms. The molecule has 3 atom stereocenters. The van der Waals surface area contributed by atoms with Crippen molar-refractivity contribution in [2.45, 2.75) is 56.7 Å². The number of rotatable bonds is 5. The number of amides is 1. The van der Waals surface area contributed by atoms with Crippen LogP contribution >= 0.6 is 0 Å². The van der Waals surface area contributed by atoms with E-state index in [-0.39, 0.29) is 11.9 Å². The van der Waals surface area contributed by atoms with Crippen molar-refractivity contribution in [2.24, 2.45) is 5.73 Å². The second kappa shape index (κ2) is 7.57. The van der Waals surface area contributed by atoms with Crippen LogP contribution in [0.1, 0.15) is 37.7 Å². The van der Waals surface area contributed by atoms with Crippen molar-refractivity contribution in [1.82, 2.24) is 4.90 Å². The van der Waals surface area contributed by atoms with Crippen molar-refractivity contribution in [3.63, 3.8) is 0 Å². The van der Waals surface area contributed by atoms with Crippen LogP contribution in [0.4, 0.5) is 0 Å². The van der Waals surface area contributed by atoms with Gasteiger partial charge in [-0.15, -0.1) is 0 Å². The summed E-state index contributed by atoms with van der Waals surface area (Å²) in [4.78, 5) is 14.1. The zero-order valence-corrected chi connectivity index (χ0v) is 12.7. The van der Waals surface area contributed by atoms with Gasteiger partial charge in [0.1, 0.15) is 0 Å². The summed E-state index contributed by atoms with van der Waals surface area (Å²) < 4.78 is 0. The summed E-state index contributed by atoms with van der Waals surface area (Å²) in [5.41, 5.74) is 7.24. The number of benzene rings is 1. The number of carbonyl (C=O) groups excluding carboxylic acids is 1. The highest BCUT2D eigenvalue weighted by molar-refractivity contribution is 5.81. The molecule has 1 amide bonds. The molecule has 1 aliphatic rings. The first-order valence-electron chi connectivity index (χ1n) is 7.84. The van der Waals surface area contributed by atoms with Crippen molar-refractivity contribution in [3.05, 3.63) is 35.9 Å². The highest BCUT2D eigenvalue weighted by atomic mass is 16.3. The second-order valence-corrected chi connectivity index (χ2v) is 6.00. The molecule has 0 heterocycles. The van der Waals surface area contributed by atoms with Gasteiger partial charge in [-0.25, -0.2) is 0 Å². The minimum atomic E-state index is -0.496. The third-order valence-corrected chi connectivity index (χ3v) is 4.44. The normalized spacial score (nSPS) is 23.6. The molecular formula is C17H26N2O2. The topological polar surface area (TPSA) is 66.6 Å². The Morgan fingerprint density at radius 2 is 2.00 bits per heavy atom. The fourth-order valence-corrected chi connectivity index (χ4v) is 3.06. The lowest BCUT2D eigenvalue weighted by atomic mass is 9.91. The number of likely N-dealkylation sites (N-methyl/N-ethyl adjacent to an activating group) is 1. The van der Waals surface area contributed by atoms with E-state index in [1.54, 1.807) is 11.9 Å². The predicted octanol–water partition coefficient (Wildman–Crippen LogP) is 1.71. The van der Waals surface area contributed by atoms with E-state index in [1.807, 2.05) is 30.3 Å². The van der Waals surface area contributed by atoms with Gasteiger partial charge in [0.25, 0.3) is 0 Å². The van der Waals surface area contributed by atoms with E-state index in [1.165, 1.54) is 5.56 Å². The Kier molecular flexibility index (Phi) is 5.76. The van der Waals surface area contributed by atoms with Crippen LogP contribution in [0.2, 0.25) is 0 Å². The molecule has 4 nitrogen and oxygen atoms in total. The molecule has 4 heteroatoms. The highest BCUT2D eigenvalue weighted by Gasteiger charge is 2.31. The molecular weight excluding hydrogens is 264 g/mol. The van der Waals surface area contributed by atoms with E-state index in [0.29, 0.717) is 6.42 Å². The van der Waals surface area contributed by atoms with Crippen LogP contribution in [0.3, 0.4) is 0 Å². The monoisotopic (exact) mass is 290 g/mol. The molecule has 0 aromatic heterocycles. The summed E-state index contributed by atoms with van der Waals surface area (Å²) in [5.74, 6) is -0.0584. The first kappa shape index (κ1) is 16.0. The van der Waals surface area contributed by atoms with E-state index < -0.39 is 12.1 Å². The Balaban J connectivity index is 1.86. The minimum Gasteiger partial charge on any atom is -0.391 e. The van der Waals surface area contributed by atoms with Gasteiger partial charge in [-0.3, -0.25) is 4.79 Å². The number of hydrogen-bond donors (Lipinski definition) is 2. The quantitative estimate of drug-likeness (QED) is 0.867. The smallest absolute Gasteiger partial charge is 0.239 e. The SMILES string of the molecule is CN(C(=O)[C@@H](N)CCc1ccccc1)C1CCCCC1O. The maximum atomic E-state index is 12.4. The molecule has 2 rings (SSSR count). The molecule has 1 aromatic carbocycles. The number of aliphatic hydroxyl groups excluding tert-OH is 1. The average molecular weight is 290 g/mol. The molecule has 0 spiro atoms. The van der Waals surface area contributed by atoms with Gasteiger partial charge in [0.15, 0.2) is 0 Å². The van der Waals surface area contributed by atoms with Crippen LogP contribution in [0.5, 0.6) is 0 Å². The molecule has 0 aliphatic heterocycles. The van der Waals surface area contributed by atoms with Gasteiger partial charge in [-0.2, -0.15) is 0 Å². The molecule has 21 heavy (non-hydrogen) atoms. The Morgan fingerprint density at radius 1 is 1.33 bits per heavy atom. The Morgan fingerprint density at radius 3 is 2.67 bits per heavy atom. The van der Waals surface area contributed by atoms with E-state index >= 15 is 0 Å². The zero-order valence-electron chi connectivity index (χ0n) is 12.7. The Labute approximate surface area is 126 Å². The first-order valence-corrected chi connectivity index (χ1v) is 7.84. The van der Waals surface area contributed by atoms with E-state index in [9.17, 15) is 9.90 Å². The molecule has 3 N–H and O–H groups in total. The van der Waals surface area contributed by atoms with Crippen LogP contribution in [0.15, 0.2) is 30.3 Å². The van der Waals surface area contributed by atoms with Gasteiger partial charge >= 0.3 is 0 Å². The molecule has 116 valence electrons. The van der Waals surface area contributed by atoms with Crippen molar-refractivity contribution in [3.8, 4) is 0 Å². The third kappa shape index (κ3) is 4.29.